The number of nitrogens with zero attached hydrogens (tertiary/aromatic N) is 1. The number of amides is 1. The van der Waals surface area contributed by atoms with Crippen LogP contribution in [-0.4, -0.2) is 31.3 Å². The monoisotopic (exact) mass is 345 g/mol. The van der Waals surface area contributed by atoms with Crippen LogP contribution < -0.4 is 4.90 Å². The Morgan fingerprint density at radius 2 is 2.04 bits per heavy atom. The Hall–Kier alpha value is -2.34. The molecule has 1 aliphatic heterocycles. The molecule has 2 aromatic carbocycles. The number of rotatable bonds is 4. The topological polar surface area (TPSA) is 46.6 Å². The van der Waals surface area contributed by atoms with Crippen molar-refractivity contribution in [2.45, 2.75) is 11.3 Å². The molecular formula is C18H16FNO3S. The van der Waals surface area contributed by atoms with E-state index in [1.165, 1.54) is 24.9 Å². The maximum Gasteiger partial charge on any atom is 0.337 e. The molecular weight excluding hydrogens is 329 g/mol. The van der Waals surface area contributed by atoms with Gasteiger partial charge in [-0.15, -0.1) is 11.8 Å². The largest absolute Gasteiger partial charge is 0.465 e. The van der Waals surface area contributed by atoms with Gasteiger partial charge in [0.2, 0.25) is 5.91 Å². The first-order valence-electron chi connectivity index (χ1n) is 7.49. The molecule has 0 saturated heterocycles. The van der Waals surface area contributed by atoms with E-state index in [1.807, 2.05) is 0 Å². The summed E-state index contributed by atoms with van der Waals surface area (Å²) in [6.45, 7) is 0.566. The molecule has 0 radical (unpaired) electrons. The zero-order valence-corrected chi connectivity index (χ0v) is 13.9. The standard InChI is InChI=1S/C18H16FNO3S/c1-23-18(22)13-6-7-15-12(10-13)8-9-20(15)17(21)11-24-16-5-3-2-4-14(16)19/h2-7,10H,8-9,11H2,1H3. The molecule has 6 heteroatoms. The second-order valence-corrected chi connectivity index (χ2v) is 6.37. The Labute approximate surface area is 143 Å². The molecule has 0 fully saturated rings. The van der Waals surface area contributed by atoms with Gasteiger partial charge in [0, 0.05) is 17.1 Å². The highest BCUT2D eigenvalue weighted by Crippen LogP contribution is 2.30. The van der Waals surface area contributed by atoms with Crippen LogP contribution in [0.2, 0.25) is 0 Å². The number of carbonyl (C=O) groups is 2. The molecule has 1 heterocycles. The zero-order chi connectivity index (χ0) is 17.1. The Kier molecular flexibility index (Phi) is 4.85. The average Bonchev–Trinajstić information content (AvgIpc) is 3.03. The minimum Gasteiger partial charge on any atom is -0.465 e. The average molecular weight is 345 g/mol. The fraction of sp³-hybridized carbons (Fsp3) is 0.222. The zero-order valence-electron chi connectivity index (χ0n) is 13.1. The van der Waals surface area contributed by atoms with Crippen LogP contribution in [0.1, 0.15) is 15.9 Å². The van der Waals surface area contributed by atoms with Gasteiger partial charge in [0.15, 0.2) is 0 Å². The summed E-state index contributed by atoms with van der Waals surface area (Å²) in [7, 11) is 1.34. The summed E-state index contributed by atoms with van der Waals surface area (Å²) in [5.74, 6) is -0.621. The van der Waals surface area contributed by atoms with E-state index >= 15 is 0 Å². The summed E-state index contributed by atoms with van der Waals surface area (Å²) in [4.78, 5) is 26.2. The quantitative estimate of drug-likeness (QED) is 0.630. The summed E-state index contributed by atoms with van der Waals surface area (Å²) < 4.78 is 18.3. The van der Waals surface area contributed by atoms with Crippen molar-refractivity contribution in [1.29, 1.82) is 0 Å². The van der Waals surface area contributed by atoms with Crippen LogP contribution in [0, 0.1) is 5.82 Å². The molecule has 4 nitrogen and oxygen atoms in total. The number of esters is 1. The van der Waals surface area contributed by atoms with Crippen LogP contribution in [-0.2, 0) is 16.0 Å². The maximum atomic E-state index is 13.6. The number of carbonyl (C=O) groups excluding carboxylic acids is 2. The molecule has 0 unspecified atom stereocenters. The van der Waals surface area contributed by atoms with Crippen molar-refractivity contribution < 1.29 is 18.7 Å². The summed E-state index contributed by atoms with van der Waals surface area (Å²) in [6, 6.07) is 11.6. The van der Waals surface area contributed by atoms with Gasteiger partial charge in [-0.05, 0) is 42.3 Å². The fourth-order valence-electron chi connectivity index (χ4n) is 2.68. The normalized spacial score (nSPS) is 12.8. The molecule has 0 aromatic heterocycles. The third-order valence-corrected chi connectivity index (χ3v) is 4.92. The van der Waals surface area contributed by atoms with Crippen molar-refractivity contribution in [2.24, 2.45) is 0 Å². The van der Waals surface area contributed by atoms with Gasteiger partial charge in [-0.2, -0.15) is 0 Å². The third-order valence-electron chi connectivity index (χ3n) is 3.88. The minimum atomic E-state index is -0.391. The fourth-order valence-corrected chi connectivity index (χ4v) is 3.50. The van der Waals surface area contributed by atoms with Gasteiger partial charge >= 0.3 is 5.97 Å². The smallest absolute Gasteiger partial charge is 0.337 e. The van der Waals surface area contributed by atoms with Crippen LogP contribution in [0.4, 0.5) is 10.1 Å². The molecule has 0 atom stereocenters. The third kappa shape index (κ3) is 3.28. The van der Waals surface area contributed by atoms with Gasteiger partial charge in [0.25, 0.3) is 0 Å². The van der Waals surface area contributed by atoms with Crippen LogP contribution >= 0.6 is 11.8 Å². The summed E-state index contributed by atoms with van der Waals surface area (Å²) in [5.41, 5.74) is 2.23. The molecule has 0 saturated carbocycles. The summed E-state index contributed by atoms with van der Waals surface area (Å²) >= 11 is 1.19. The molecule has 2 aromatic rings. The maximum absolute atomic E-state index is 13.6. The van der Waals surface area contributed by atoms with E-state index < -0.39 is 5.97 Å². The number of thioether (sulfide) groups is 1. The molecule has 0 bridgehead atoms. The van der Waals surface area contributed by atoms with Crippen molar-refractivity contribution in [3.05, 3.63) is 59.4 Å². The Morgan fingerprint density at radius 3 is 2.79 bits per heavy atom. The van der Waals surface area contributed by atoms with Crippen molar-refractivity contribution in [2.75, 3.05) is 24.3 Å². The molecule has 3 rings (SSSR count). The van der Waals surface area contributed by atoms with Crippen molar-refractivity contribution in [3.8, 4) is 0 Å². The Bertz CT molecular complexity index is 794. The van der Waals surface area contributed by atoms with Crippen LogP contribution in [0.3, 0.4) is 0 Å². The van der Waals surface area contributed by atoms with Gasteiger partial charge in [0.05, 0.1) is 18.4 Å². The predicted molar refractivity (Wildman–Crippen MR) is 91.0 cm³/mol. The first-order valence-corrected chi connectivity index (χ1v) is 8.47. The van der Waals surface area contributed by atoms with Gasteiger partial charge < -0.3 is 9.64 Å². The lowest BCUT2D eigenvalue weighted by Crippen LogP contribution is -2.30. The number of fused-ring (bicyclic) bond motifs is 1. The predicted octanol–water partition coefficient (Wildman–Crippen LogP) is 3.29. The number of benzene rings is 2. The molecule has 0 spiro atoms. The number of methoxy groups -OCH3 is 1. The van der Waals surface area contributed by atoms with Crippen molar-refractivity contribution in [1.82, 2.24) is 0 Å². The highest BCUT2D eigenvalue weighted by Gasteiger charge is 2.25. The van der Waals surface area contributed by atoms with E-state index in [9.17, 15) is 14.0 Å². The second-order valence-electron chi connectivity index (χ2n) is 5.35. The molecule has 1 amide bonds. The molecule has 124 valence electrons. The van der Waals surface area contributed by atoms with Crippen LogP contribution in [0.25, 0.3) is 0 Å². The van der Waals surface area contributed by atoms with E-state index in [2.05, 4.69) is 0 Å². The molecule has 24 heavy (non-hydrogen) atoms. The number of hydrogen-bond acceptors (Lipinski definition) is 4. The van der Waals surface area contributed by atoms with Crippen molar-refractivity contribution in [3.63, 3.8) is 0 Å². The lowest BCUT2D eigenvalue weighted by molar-refractivity contribution is -0.116. The van der Waals surface area contributed by atoms with Crippen LogP contribution in [0.15, 0.2) is 47.4 Å². The summed E-state index contributed by atoms with van der Waals surface area (Å²) in [6.07, 6.45) is 0.691. The Balaban J connectivity index is 1.70. The highest BCUT2D eigenvalue weighted by atomic mass is 32.2. The lowest BCUT2D eigenvalue weighted by Gasteiger charge is -2.17. The number of halogens is 1. The number of hydrogen-bond donors (Lipinski definition) is 0. The Morgan fingerprint density at radius 1 is 1.25 bits per heavy atom. The van der Waals surface area contributed by atoms with Crippen molar-refractivity contribution >= 4 is 29.3 Å². The first kappa shape index (κ1) is 16.5. The van der Waals surface area contributed by atoms with E-state index in [1.54, 1.807) is 41.3 Å². The molecule has 1 aliphatic rings. The van der Waals surface area contributed by atoms with Gasteiger partial charge in [-0.1, -0.05) is 12.1 Å². The molecule has 0 aliphatic carbocycles. The SMILES string of the molecule is COC(=O)c1ccc2c(c1)CCN2C(=O)CSc1ccccc1F. The van der Waals surface area contributed by atoms with E-state index in [0.717, 1.165) is 11.3 Å². The number of anilines is 1. The summed E-state index contributed by atoms with van der Waals surface area (Å²) in [5, 5.41) is 0. The van der Waals surface area contributed by atoms with Gasteiger partial charge in [-0.3, -0.25) is 4.79 Å². The number of ether oxygens (including phenoxy) is 1. The van der Waals surface area contributed by atoms with Gasteiger partial charge in [0.1, 0.15) is 5.82 Å². The van der Waals surface area contributed by atoms with Gasteiger partial charge in [-0.25, -0.2) is 9.18 Å². The van der Waals surface area contributed by atoms with E-state index in [4.69, 9.17) is 4.74 Å². The van der Waals surface area contributed by atoms with Crippen LogP contribution in [0.5, 0.6) is 0 Å². The second kappa shape index (κ2) is 7.05. The van der Waals surface area contributed by atoms with E-state index in [-0.39, 0.29) is 17.5 Å². The van der Waals surface area contributed by atoms with E-state index in [0.29, 0.717) is 23.4 Å². The minimum absolute atomic E-state index is 0.0761. The lowest BCUT2D eigenvalue weighted by atomic mass is 10.1. The molecule has 0 N–H and O–H groups in total. The first-order chi connectivity index (χ1) is 11.6. The highest BCUT2D eigenvalue weighted by molar-refractivity contribution is 8.00.